The van der Waals surface area contributed by atoms with E-state index in [9.17, 15) is 18.3 Å². The molecule has 0 amide bonds. The quantitative estimate of drug-likeness (QED) is 0.630. The maximum absolute atomic E-state index is 12.9. The normalized spacial score (nSPS) is 11.2. The van der Waals surface area contributed by atoms with E-state index in [0.29, 0.717) is 11.1 Å². The maximum Gasteiger partial charge on any atom is 0.341 e. The number of ether oxygens (including phenoxy) is 2. The zero-order valence-corrected chi connectivity index (χ0v) is 16.0. The number of aromatic hydroxyl groups is 1. The van der Waals surface area contributed by atoms with Crippen molar-refractivity contribution in [2.75, 3.05) is 14.2 Å². The number of phenols is 1. The zero-order valence-electron chi connectivity index (χ0n) is 15.2. The van der Waals surface area contributed by atoms with Crippen LogP contribution in [0.4, 0.5) is 0 Å². The number of rotatable bonds is 6. The third-order valence-corrected chi connectivity index (χ3v) is 5.93. The largest absolute Gasteiger partial charge is 0.506 e. The number of sulfone groups is 1. The van der Waals surface area contributed by atoms with E-state index in [-0.39, 0.29) is 27.5 Å². The van der Waals surface area contributed by atoms with E-state index >= 15 is 0 Å². The Balaban J connectivity index is 2.11. The van der Waals surface area contributed by atoms with Crippen molar-refractivity contribution in [1.29, 1.82) is 0 Å². The first-order valence-corrected chi connectivity index (χ1v) is 9.85. The van der Waals surface area contributed by atoms with Crippen molar-refractivity contribution < 1.29 is 32.2 Å². The average Bonchev–Trinajstić information content (AvgIpc) is 3.22. The van der Waals surface area contributed by atoms with Gasteiger partial charge in [-0.15, -0.1) is 0 Å². The third-order valence-electron chi connectivity index (χ3n) is 4.24. The Bertz CT molecular complexity index is 1100. The Morgan fingerprint density at radius 2 is 1.86 bits per heavy atom. The summed E-state index contributed by atoms with van der Waals surface area (Å²) in [5, 5.41) is 10.6. The summed E-state index contributed by atoms with van der Waals surface area (Å²) in [5.41, 5.74) is 0.775. The van der Waals surface area contributed by atoms with Crippen LogP contribution in [-0.4, -0.2) is 33.7 Å². The van der Waals surface area contributed by atoms with Gasteiger partial charge in [-0.25, -0.2) is 13.2 Å². The van der Waals surface area contributed by atoms with Gasteiger partial charge in [0.1, 0.15) is 22.0 Å². The van der Waals surface area contributed by atoms with E-state index in [4.69, 9.17) is 13.9 Å². The highest BCUT2D eigenvalue weighted by Crippen LogP contribution is 2.37. The van der Waals surface area contributed by atoms with Crippen LogP contribution in [0.15, 0.2) is 64.3 Å². The molecule has 3 aromatic rings. The van der Waals surface area contributed by atoms with Gasteiger partial charge in [0.15, 0.2) is 9.84 Å². The maximum atomic E-state index is 12.9. The van der Waals surface area contributed by atoms with E-state index in [1.807, 2.05) is 0 Å². The summed E-state index contributed by atoms with van der Waals surface area (Å²) in [6, 6.07) is 10.8. The molecule has 0 spiro atoms. The molecule has 0 aliphatic carbocycles. The Hall–Kier alpha value is -3.26. The molecule has 0 saturated carbocycles. The minimum Gasteiger partial charge on any atom is -0.506 e. The Kier molecular flexibility index (Phi) is 5.41. The van der Waals surface area contributed by atoms with Gasteiger partial charge < -0.3 is 19.0 Å². The van der Waals surface area contributed by atoms with Crippen LogP contribution in [0.3, 0.4) is 0 Å². The van der Waals surface area contributed by atoms with Crippen LogP contribution in [-0.2, 0) is 20.3 Å². The first kappa shape index (κ1) is 19.5. The summed E-state index contributed by atoms with van der Waals surface area (Å²) in [6.45, 7) is 0. The number of carbonyl (C=O) groups excluding carboxylic acids is 1. The number of hydrogen-bond donors (Lipinski definition) is 1. The average molecular weight is 402 g/mol. The van der Waals surface area contributed by atoms with Crippen molar-refractivity contribution in [3.05, 3.63) is 66.1 Å². The second-order valence-electron chi connectivity index (χ2n) is 5.91. The molecule has 28 heavy (non-hydrogen) atoms. The second kappa shape index (κ2) is 7.77. The van der Waals surface area contributed by atoms with Crippen molar-refractivity contribution in [2.24, 2.45) is 0 Å². The molecule has 2 aromatic carbocycles. The first-order chi connectivity index (χ1) is 13.4. The number of carbonyl (C=O) groups is 1. The summed E-state index contributed by atoms with van der Waals surface area (Å²) in [6.07, 6.45) is 2.83. The summed E-state index contributed by atoms with van der Waals surface area (Å²) in [4.78, 5) is 12.3. The molecule has 0 unspecified atom stereocenters. The van der Waals surface area contributed by atoms with E-state index in [2.05, 4.69) is 0 Å². The predicted molar refractivity (Wildman–Crippen MR) is 101 cm³/mol. The number of furan rings is 1. The molecule has 0 saturated heterocycles. The lowest BCUT2D eigenvalue weighted by Gasteiger charge is -2.14. The molecule has 7 nitrogen and oxygen atoms in total. The Labute approximate surface area is 162 Å². The molecule has 0 atom stereocenters. The molecular formula is C20H18O7S. The number of methoxy groups -OCH3 is 2. The van der Waals surface area contributed by atoms with Crippen molar-refractivity contribution in [1.82, 2.24) is 0 Å². The molecule has 1 heterocycles. The number of benzene rings is 2. The van der Waals surface area contributed by atoms with Gasteiger partial charge in [-0.3, -0.25) is 0 Å². The zero-order chi connectivity index (χ0) is 20.3. The smallest absolute Gasteiger partial charge is 0.341 e. The molecule has 146 valence electrons. The van der Waals surface area contributed by atoms with E-state index in [1.54, 1.807) is 18.2 Å². The number of esters is 1. The SMILES string of the molecule is COC(=O)c1c(CS(=O)(=O)c2ccccc2OC)ccc(-c2ccoc2)c1O. The van der Waals surface area contributed by atoms with Crippen LogP contribution in [0, 0.1) is 0 Å². The molecule has 8 heteroatoms. The van der Waals surface area contributed by atoms with Crippen LogP contribution < -0.4 is 4.74 Å². The summed E-state index contributed by atoms with van der Waals surface area (Å²) >= 11 is 0. The monoisotopic (exact) mass is 402 g/mol. The van der Waals surface area contributed by atoms with Gasteiger partial charge in [-0.1, -0.05) is 24.3 Å². The molecule has 0 aliphatic heterocycles. The summed E-state index contributed by atoms with van der Waals surface area (Å²) < 4.78 is 40.8. The Morgan fingerprint density at radius 1 is 1.11 bits per heavy atom. The molecule has 1 N–H and O–H groups in total. The minimum absolute atomic E-state index is 0.00767. The molecular weight excluding hydrogens is 384 g/mol. The van der Waals surface area contributed by atoms with E-state index in [0.717, 1.165) is 7.11 Å². The molecule has 0 aliphatic rings. The van der Waals surface area contributed by atoms with Gasteiger partial charge in [0.25, 0.3) is 0 Å². The topological polar surface area (TPSA) is 103 Å². The van der Waals surface area contributed by atoms with Crippen LogP contribution in [0.5, 0.6) is 11.5 Å². The number of para-hydroxylation sites is 1. The lowest BCUT2D eigenvalue weighted by Crippen LogP contribution is -2.12. The molecule has 0 radical (unpaired) electrons. The lowest BCUT2D eigenvalue weighted by molar-refractivity contribution is 0.0596. The summed E-state index contributed by atoms with van der Waals surface area (Å²) in [5.74, 6) is -1.53. The first-order valence-electron chi connectivity index (χ1n) is 8.20. The predicted octanol–water partition coefficient (Wildman–Crippen LogP) is 3.42. The lowest BCUT2D eigenvalue weighted by atomic mass is 9.99. The minimum atomic E-state index is -3.87. The van der Waals surface area contributed by atoms with E-state index in [1.165, 1.54) is 43.9 Å². The highest BCUT2D eigenvalue weighted by Gasteiger charge is 2.27. The van der Waals surface area contributed by atoms with Crippen molar-refractivity contribution in [3.8, 4) is 22.6 Å². The Morgan fingerprint density at radius 3 is 2.50 bits per heavy atom. The van der Waals surface area contributed by atoms with Gasteiger partial charge in [0.05, 0.1) is 32.5 Å². The standard InChI is InChI=1S/C20H18O7S/c1-25-16-5-3-4-6-17(16)28(23,24)12-14-7-8-15(13-9-10-27-11-13)19(21)18(14)20(22)26-2/h3-11,21H,12H2,1-2H3. The fourth-order valence-corrected chi connectivity index (χ4v) is 4.44. The summed E-state index contributed by atoms with van der Waals surface area (Å²) in [7, 11) is -1.33. The molecule has 0 fully saturated rings. The highest BCUT2D eigenvalue weighted by atomic mass is 32.2. The van der Waals surface area contributed by atoms with Crippen LogP contribution in [0.2, 0.25) is 0 Å². The highest BCUT2D eigenvalue weighted by molar-refractivity contribution is 7.90. The third kappa shape index (κ3) is 3.59. The van der Waals surface area contributed by atoms with Crippen LogP contribution >= 0.6 is 0 Å². The van der Waals surface area contributed by atoms with E-state index < -0.39 is 21.6 Å². The molecule has 1 aromatic heterocycles. The fraction of sp³-hybridized carbons (Fsp3) is 0.150. The van der Waals surface area contributed by atoms with Crippen LogP contribution in [0.25, 0.3) is 11.1 Å². The van der Waals surface area contributed by atoms with Crippen LogP contribution in [0.1, 0.15) is 15.9 Å². The number of phenolic OH excluding ortho intramolecular Hbond substituents is 1. The number of hydrogen-bond acceptors (Lipinski definition) is 7. The van der Waals surface area contributed by atoms with Gasteiger partial charge in [0, 0.05) is 11.1 Å². The van der Waals surface area contributed by atoms with Crippen molar-refractivity contribution in [2.45, 2.75) is 10.6 Å². The van der Waals surface area contributed by atoms with Gasteiger partial charge >= 0.3 is 5.97 Å². The fourth-order valence-electron chi connectivity index (χ4n) is 2.89. The van der Waals surface area contributed by atoms with Crippen molar-refractivity contribution in [3.63, 3.8) is 0 Å². The van der Waals surface area contributed by atoms with Gasteiger partial charge in [-0.05, 0) is 23.8 Å². The van der Waals surface area contributed by atoms with Crippen molar-refractivity contribution >= 4 is 15.8 Å². The van der Waals surface area contributed by atoms with Gasteiger partial charge in [0.2, 0.25) is 0 Å². The molecule has 3 rings (SSSR count). The second-order valence-corrected chi connectivity index (χ2v) is 7.87. The van der Waals surface area contributed by atoms with Gasteiger partial charge in [-0.2, -0.15) is 0 Å². The molecule has 0 bridgehead atoms.